The molecular formula is C10H12ClN3. The number of aryl methyl sites for hydroxylation is 1. The molecule has 0 radical (unpaired) electrons. The second-order valence-electron chi connectivity index (χ2n) is 3.23. The molecule has 0 bridgehead atoms. The molecule has 74 valence electrons. The van der Waals surface area contributed by atoms with E-state index in [2.05, 4.69) is 4.98 Å². The first-order valence-electron chi connectivity index (χ1n) is 4.56. The molecule has 0 unspecified atom stereocenters. The van der Waals surface area contributed by atoms with Crippen molar-refractivity contribution in [1.82, 2.24) is 9.38 Å². The summed E-state index contributed by atoms with van der Waals surface area (Å²) in [6.07, 6.45) is 2.74. The Bertz CT molecular complexity index is 462. The number of imidazole rings is 1. The predicted octanol–water partition coefficient (Wildman–Crippen LogP) is 1.80. The zero-order chi connectivity index (χ0) is 10.1. The quantitative estimate of drug-likeness (QED) is 0.820. The van der Waals surface area contributed by atoms with Crippen LogP contribution in [0.2, 0.25) is 5.02 Å². The summed E-state index contributed by atoms with van der Waals surface area (Å²) in [6, 6.07) is 3.79. The first kappa shape index (κ1) is 9.49. The number of hydrogen-bond acceptors (Lipinski definition) is 2. The SMILES string of the molecule is Cc1nc(CCN)n2cccc(Cl)c12. The van der Waals surface area contributed by atoms with Crippen molar-refractivity contribution in [2.45, 2.75) is 13.3 Å². The maximum absolute atomic E-state index is 6.08. The molecule has 2 aromatic rings. The maximum atomic E-state index is 6.08. The highest BCUT2D eigenvalue weighted by Crippen LogP contribution is 2.21. The molecule has 0 saturated heterocycles. The molecule has 4 heteroatoms. The molecule has 14 heavy (non-hydrogen) atoms. The maximum Gasteiger partial charge on any atom is 0.114 e. The van der Waals surface area contributed by atoms with Crippen LogP contribution in [0.15, 0.2) is 18.3 Å². The number of nitrogens with two attached hydrogens (primary N) is 1. The number of halogens is 1. The molecule has 2 rings (SSSR count). The van der Waals surface area contributed by atoms with E-state index in [1.807, 2.05) is 29.7 Å². The van der Waals surface area contributed by atoms with E-state index in [0.29, 0.717) is 6.54 Å². The number of nitrogens with zero attached hydrogens (tertiary/aromatic N) is 2. The first-order chi connectivity index (χ1) is 6.74. The van der Waals surface area contributed by atoms with Gasteiger partial charge in [0.2, 0.25) is 0 Å². The van der Waals surface area contributed by atoms with E-state index >= 15 is 0 Å². The molecular weight excluding hydrogens is 198 g/mol. The molecule has 2 N–H and O–H groups in total. The van der Waals surface area contributed by atoms with Crippen molar-refractivity contribution in [3.05, 3.63) is 34.9 Å². The van der Waals surface area contributed by atoms with Crippen LogP contribution < -0.4 is 5.73 Å². The van der Waals surface area contributed by atoms with Gasteiger partial charge < -0.3 is 10.1 Å². The number of fused-ring (bicyclic) bond motifs is 1. The Labute approximate surface area is 87.5 Å². The second kappa shape index (κ2) is 3.59. The fourth-order valence-corrected chi connectivity index (χ4v) is 1.95. The van der Waals surface area contributed by atoms with Crippen molar-refractivity contribution in [2.24, 2.45) is 5.73 Å². The van der Waals surface area contributed by atoms with Crippen LogP contribution in [0.3, 0.4) is 0 Å². The summed E-state index contributed by atoms with van der Waals surface area (Å²) >= 11 is 6.08. The Balaban J connectivity index is 2.71. The van der Waals surface area contributed by atoms with Crippen molar-refractivity contribution in [1.29, 1.82) is 0 Å². The highest BCUT2D eigenvalue weighted by atomic mass is 35.5. The van der Waals surface area contributed by atoms with E-state index in [0.717, 1.165) is 28.5 Å². The van der Waals surface area contributed by atoms with Gasteiger partial charge in [-0.1, -0.05) is 11.6 Å². The third-order valence-corrected chi connectivity index (χ3v) is 2.54. The Morgan fingerprint density at radius 1 is 1.57 bits per heavy atom. The third-order valence-electron chi connectivity index (χ3n) is 2.23. The van der Waals surface area contributed by atoms with Crippen LogP contribution in [0.1, 0.15) is 11.5 Å². The lowest BCUT2D eigenvalue weighted by atomic mass is 10.3. The fraction of sp³-hybridized carbons (Fsp3) is 0.300. The van der Waals surface area contributed by atoms with Crippen LogP contribution in [0, 0.1) is 6.92 Å². The topological polar surface area (TPSA) is 43.3 Å². The van der Waals surface area contributed by atoms with Crippen molar-refractivity contribution in [3.8, 4) is 0 Å². The van der Waals surface area contributed by atoms with Gasteiger partial charge in [0, 0.05) is 12.6 Å². The summed E-state index contributed by atoms with van der Waals surface area (Å²) in [7, 11) is 0. The second-order valence-corrected chi connectivity index (χ2v) is 3.63. The van der Waals surface area contributed by atoms with Gasteiger partial charge in [0.1, 0.15) is 5.82 Å². The molecule has 0 saturated carbocycles. The molecule has 0 aliphatic heterocycles. The monoisotopic (exact) mass is 209 g/mol. The van der Waals surface area contributed by atoms with Gasteiger partial charge in [-0.2, -0.15) is 0 Å². The highest BCUT2D eigenvalue weighted by molar-refractivity contribution is 6.34. The van der Waals surface area contributed by atoms with Crippen molar-refractivity contribution < 1.29 is 0 Å². The Morgan fingerprint density at radius 3 is 3.07 bits per heavy atom. The lowest BCUT2D eigenvalue weighted by Crippen LogP contribution is -2.06. The number of aromatic nitrogens is 2. The fourth-order valence-electron chi connectivity index (χ4n) is 1.65. The molecule has 0 aromatic carbocycles. The predicted molar refractivity (Wildman–Crippen MR) is 57.7 cm³/mol. The van der Waals surface area contributed by atoms with Crippen LogP contribution in [-0.4, -0.2) is 15.9 Å². The largest absolute Gasteiger partial charge is 0.330 e. The highest BCUT2D eigenvalue weighted by Gasteiger charge is 2.09. The molecule has 0 aliphatic carbocycles. The Kier molecular flexibility index (Phi) is 2.44. The van der Waals surface area contributed by atoms with Gasteiger partial charge in [0.15, 0.2) is 0 Å². The van der Waals surface area contributed by atoms with Crippen LogP contribution in [0.5, 0.6) is 0 Å². The zero-order valence-corrected chi connectivity index (χ0v) is 8.75. The van der Waals surface area contributed by atoms with Crippen molar-refractivity contribution >= 4 is 17.1 Å². The summed E-state index contributed by atoms with van der Waals surface area (Å²) in [6.45, 7) is 2.56. The van der Waals surface area contributed by atoms with Gasteiger partial charge in [-0.15, -0.1) is 0 Å². The minimum atomic E-state index is 0.602. The zero-order valence-electron chi connectivity index (χ0n) is 8.00. The normalized spacial score (nSPS) is 11.1. The molecule has 0 amide bonds. The van der Waals surface area contributed by atoms with Crippen molar-refractivity contribution in [2.75, 3.05) is 6.54 Å². The molecule has 0 spiro atoms. The van der Waals surface area contributed by atoms with Crippen molar-refractivity contribution in [3.63, 3.8) is 0 Å². The minimum Gasteiger partial charge on any atom is -0.330 e. The minimum absolute atomic E-state index is 0.602. The molecule has 0 fully saturated rings. The summed E-state index contributed by atoms with van der Waals surface area (Å²) < 4.78 is 2.00. The average molecular weight is 210 g/mol. The molecule has 2 heterocycles. The number of rotatable bonds is 2. The Hall–Kier alpha value is -1.06. The molecule has 3 nitrogen and oxygen atoms in total. The summed E-state index contributed by atoms with van der Waals surface area (Å²) in [5.74, 6) is 0.975. The molecule has 0 aliphatic rings. The summed E-state index contributed by atoms with van der Waals surface area (Å²) in [5.41, 5.74) is 7.45. The van der Waals surface area contributed by atoms with E-state index < -0.39 is 0 Å². The third kappa shape index (κ3) is 1.38. The van der Waals surface area contributed by atoms with E-state index in [4.69, 9.17) is 17.3 Å². The van der Waals surface area contributed by atoms with Gasteiger partial charge in [-0.05, 0) is 25.6 Å². The lowest BCUT2D eigenvalue weighted by Gasteiger charge is -1.99. The number of pyridine rings is 1. The van der Waals surface area contributed by atoms with Gasteiger partial charge in [0.25, 0.3) is 0 Å². The van der Waals surface area contributed by atoms with Crippen LogP contribution >= 0.6 is 11.6 Å². The first-order valence-corrected chi connectivity index (χ1v) is 4.94. The van der Waals surface area contributed by atoms with Gasteiger partial charge in [0.05, 0.1) is 16.2 Å². The van der Waals surface area contributed by atoms with E-state index in [1.54, 1.807) is 0 Å². The number of hydrogen-bond donors (Lipinski definition) is 1. The van der Waals surface area contributed by atoms with Crippen LogP contribution in [0.25, 0.3) is 5.52 Å². The smallest absolute Gasteiger partial charge is 0.114 e. The van der Waals surface area contributed by atoms with Gasteiger partial charge in [-0.25, -0.2) is 4.98 Å². The Morgan fingerprint density at radius 2 is 2.36 bits per heavy atom. The van der Waals surface area contributed by atoms with E-state index in [-0.39, 0.29) is 0 Å². The summed E-state index contributed by atoms with van der Waals surface area (Å²) in [4.78, 5) is 4.44. The summed E-state index contributed by atoms with van der Waals surface area (Å²) in [5, 5.41) is 0.737. The lowest BCUT2D eigenvalue weighted by molar-refractivity contribution is 0.860. The van der Waals surface area contributed by atoms with Gasteiger partial charge >= 0.3 is 0 Å². The van der Waals surface area contributed by atoms with E-state index in [9.17, 15) is 0 Å². The van der Waals surface area contributed by atoms with Crippen LogP contribution in [0.4, 0.5) is 0 Å². The molecule has 2 aromatic heterocycles. The standard InChI is InChI=1S/C10H12ClN3/c1-7-10-8(11)3-2-6-14(10)9(13-7)4-5-12/h2-3,6H,4-5,12H2,1H3. The van der Waals surface area contributed by atoms with Gasteiger partial charge in [-0.3, -0.25) is 0 Å². The van der Waals surface area contributed by atoms with E-state index in [1.165, 1.54) is 0 Å². The molecule has 0 atom stereocenters. The average Bonchev–Trinajstić information content (AvgIpc) is 2.46. The van der Waals surface area contributed by atoms with Crippen LogP contribution in [-0.2, 0) is 6.42 Å².